The zero-order chi connectivity index (χ0) is 18.6. The number of carbonyl (C=O) groups is 1. The van der Waals surface area contributed by atoms with E-state index in [1.165, 1.54) is 43.0 Å². The lowest BCUT2D eigenvalue weighted by atomic mass is 10.1. The average molecular weight is 371 g/mol. The second kappa shape index (κ2) is 11.8. The van der Waals surface area contributed by atoms with Gasteiger partial charge in [0.15, 0.2) is 0 Å². The molecular weight excluding hydrogens is 340 g/mol. The third-order valence-corrected chi connectivity index (χ3v) is 5.24. The fourth-order valence-electron chi connectivity index (χ4n) is 2.67. The molecule has 0 bridgehead atoms. The van der Waals surface area contributed by atoms with E-state index in [1.807, 2.05) is 36.4 Å². The first kappa shape index (κ1) is 20.6. The zero-order valence-electron chi connectivity index (χ0n) is 16.0. The molecule has 0 fully saturated rings. The number of benzene rings is 2. The maximum absolute atomic E-state index is 12.5. The minimum absolute atomic E-state index is 0.0854. The second-order valence-corrected chi connectivity index (χ2v) is 7.62. The smallest absolute Gasteiger partial charge is 0.224 e. The first-order valence-electron chi connectivity index (χ1n) is 9.77. The van der Waals surface area contributed by atoms with Crippen molar-refractivity contribution in [2.24, 2.45) is 0 Å². The van der Waals surface area contributed by atoms with Gasteiger partial charge in [-0.3, -0.25) is 4.79 Å². The Labute approximate surface area is 162 Å². The average Bonchev–Trinajstić information content (AvgIpc) is 2.67. The maximum atomic E-state index is 12.5. The van der Waals surface area contributed by atoms with Gasteiger partial charge >= 0.3 is 0 Å². The maximum Gasteiger partial charge on any atom is 0.224 e. The van der Waals surface area contributed by atoms with Crippen LogP contribution in [0.25, 0.3) is 0 Å². The highest BCUT2D eigenvalue weighted by atomic mass is 32.2. The van der Waals surface area contributed by atoms with E-state index in [1.54, 1.807) is 0 Å². The Hall–Kier alpha value is -1.74. The number of hydrogen-bond acceptors (Lipinski definition) is 3. The van der Waals surface area contributed by atoms with Crippen molar-refractivity contribution in [2.75, 3.05) is 6.61 Å². The second-order valence-electron chi connectivity index (χ2n) is 6.57. The Kier molecular flexibility index (Phi) is 9.33. The van der Waals surface area contributed by atoms with Crippen LogP contribution in [0.4, 0.5) is 0 Å². The van der Waals surface area contributed by atoms with Crippen LogP contribution < -0.4 is 4.74 Å². The third kappa shape index (κ3) is 7.25. The Balaban J connectivity index is 1.83. The van der Waals surface area contributed by atoms with Crippen molar-refractivity contribution in [2.45, 2.75) is 63.7 Å². The molecule has 0 radical (unpaired) electrons. The van der Waals surface area contributed by atoms with Crippen LogP contribution in [-0.4, -0.2) is 11.7 Å². The van der Waals surface area contributed by atoms with E-state index >= 15 is 0 Å². The quantitative estimate of drug-likeness (QED) is 0.317. The van der Waals surface area contributed by atoms with Gasteiger partial charge in [-0.15, -0.1) is 0 Å². The molecule has 3 heteroatoms. The molecule has 0 aliphatic carbocycles. The van der Waals surface area contributed by atoms with Crippen LogP contribution in [0, 0.1) is 0 Å². The number of carbonyl (C=O) groups excluding carboxylic acids is 1. The largest absolute Gasteiger partial charge is 0.494 e. The van der Waals surface area contributed by atoms with Crippen molar-refractivity contribution in [3.05, 3.63) is 59.7 Å². The topological polar surface area (TPSA) is 26.3 Å². The van der Waals surface area contributed by atoms with Crippen molar-refractivity contribution >= 4 is 16.9 Å². The van der Waals surface area contributed by atoms with E-state index in [9.17, 15) is 4.79 Å². The summed E-state index contributed by atoms with van der Waals surface area (Å²) < 4.78 is 5.66. The Morgan fingerprint density at radius 1 is 0.846 bits per heavy atom. The normalized spacial score (nSPS) is 10.7. The first-order chi connectivity index (χ1) is 12.7. The molecule has 0 aliphatic heterocycles. The standard InChI is InChI=1S/C23H30O2S/c1-3-5-7-8-9-19-10-12-20(13-11-19)23(24)26-22-16-14-21(15-17-22)25-18-6-4-2/h10-17H,3-9,18H2,1-2H3. The summed E-state index contributed by atoms with van der Waals surface area (Å²) >= 11 is 1.27. The third-order valence-electron chi connectivity index (χ3n) is 4.31. The highest BCUT2D eigenvalue weighted by Crippen LogP contribution is 2.25. The predicted molar refractivity (Wildman–Crippen MR) is 111 cm³/mol. The van der Waals surface area contributed by atoms with Gasteiger partial charge in [-0.2, -0.15) is 0 Å². The molecule has 0 saturated heterocycles. The summed E-state index contributed by atoms with van der Waals surface area (Å²) in [7, 11) is 0. The molecule has 26 heavy (non-hydrogen) atoms. The van der Waals surface area contributed by atoms with Crippen LogP contribution in [0.5, 0.6) is 5.75 Å². The predicted octanol–water partition coefficient (Wildman–Crippen LogP) is 6.92. The monoisotopic (exact) mass is 370 g/mol. The van der Waals surface area contributed by atoms with Crippen molar-refractivity contribution in [3.8, 4) is 5.75 Å². The fraction of sp³-hybridized carbons (Fsp3) is 0.435. The van der Waals surface area contributed by atoms with Gasteiger partial charge in [0.25, 0.3) is 0 Å². The number of rotatable bonds is 11. The minimum Gasteiger partial charge on any atom is -0.494 e. The summed E-state index contributed by atoms with van der Waals surface area (Å²) in [5.74, 6) is 0.864. The van der Waals surface area contributed by atoms with E-state index in [4.69, 9.17) is 4.74 Å². The number of aryl methyl sites for hydroxylation is 1. The number of hydrogen-bond donors (Lipinski definition) is 0. The Morgan fingerprint density at radius 2 is 1.54 bits per heavy atom. The number of thioether (sulfide) groups is 1. The van der Waals surface area contributed by atoms with Crippen LogP contribution in [-0.2, 0) is 6.42 Å². The van der Waals surface area contributed by atoms with Gasteiger partial charge < -0.3 is 4.74 Å². The van der Waals surface area contributed by atoms with Crippen LogP contribution in [0.15, 0.2) is 53.4 Å². The number of ether oxygens (including phenoxy) is 1. The minimum atomic E-state index is 0.0854. The summed E-state index contributed by atoms with van der Waals surface area (Å²) in [6.45, 7) is 5.12. The Morgan fingerprint density at radius 3 is 2.19 bits per heavy atom. The molecule has 0 saturated carbocycles. The van der Waals surface area contributed by atoms with Crippen molar-refractivity contribution in [3.63, 3.8) is 0 Å². The van der Waals surface area contributed by atoms with Crippen LogP contribution >= 0.6 is 11.8 Å². The van der Waals surface area contributed by atoms with Gasteiger partial charge in [-0.05, 0) is 60.9 Å². The molecule has 0 atom stereocenters. The molecule has 140 valence electrons. The van der Waals surface area contributed by atoms with E-state index in [0.717, 1.165) is 42.1 Å². The van der Waals surface area contributed by atoms with E-state index in [2.05, 4.69) is 26.0 Å². The zero-order valence-corrected chi connectivity index (χ0v) is 16.8. The molecule has 2 nitrogen and oxygen atoms in total. The summed E-state index contributed by atoms with van der Waals surface area (Å²) in [6, 6.07) is 15.8. The van der Waals surface area contributed by atoms with Gasteiger partial charge in [0.1, 0.15) is 5.75 Å². The molecule has 2 aromatic carbocycles. The fourth-order valence-corrected chi connectivity index (χ4v) is 3.41. The summed E-state index contributed by atoms with van der Waals surface area (Å²) in [6.07, 6.45) is 8.35. The Bertz CT molecular complexity index is 647. The highest BCUT2D eigenvalue weighted by molar-refractivity contribution is 8.14. The van der Waals surface area contributed by atoms with Crippen molar-refractivity contribution in [1.29, 1.82) is 0 Å². The molecule has 0 spiro atoms. The number of unbranched alkanes of at least 4 members (excludes halogenated alkanes) is 4. The van der Waals surface area contributed by atoms with E-state index < -0.39 is 0 Å². The van der Waals surface area contributed by atoms with Gasteiger partial charge in [-0.25, -0.2) is 0 Å². The highest BCUT2D eigenvalue weighted by Gasteiger charge is 2.08. The molecular formula is C23H30O2S. The van der Waals surface area contributed by atoms with E-state index in [0.29, 0.717) is 0 Å². The molecule has 0 N–H and O–H groups in total. The van der Waals surface area contributed by atoms with Crippen molar-refractivity contribution < 1.29 is 9.53 Å². The molecule has 2 aromatic rings. The lowest BCUT2D eigenvalue weighted by Gasteiger charge is -2.07. The summed E-state index contributed by atoms with van der Waals surface area (Å²) in [5, 5.41) is 0.0854. The van der Waals surface area contributed by atoms with E-state index in [-0.39, 0.29) is 5.12 Å². The van der Waals surface area contributed by atoms with Crippen molar-refractivity contribution in [1.82, 2.24) is 0 Å². The van der Waals surface area contributed by atoms with Gasteiger partial charge in [0, 0.05) is 10.5 Å². The molecule has 0 aliphatic rings. The SMILES string of the molecule is CCCCCCc1ccc(C(=O)Sc2ccc(OCCCC)cc2)cc1. The van der Waals surface area contributed by atoms with Gasteiger partial charge in [0.05, 0.1) is 6.61 Å². The lowest BCUT2D eigenvalue weighted by molar-refractivity contribution is 0.108. The van der Waals surface area contributed by atoms with Gasteiger partial charge in [-0.1, -0.05) is 63.8 Å². The summed E-state index contributed by atoms with van der Waals surface area (Å²) in [5.41, 5.74) is 2.08. The lowest BCUT2D eigenvalue weighted by Crippen LogP contribution is -1.96. The molecule has 0 amide bonds. The van der Waals surface area contributed by atoms with Crippen LogP contribution in [0.3, 0.4) is 0 Å². The summed E-state index contributed by atoms with van der Waals surface area (Å²) in [4.78, 5) is 13.4. The molecule has 0 heterocycles. The van der Waals surface area contributed by atoms with Crippen LogP contribution in [0.1, 0.15) is 68.3 Å². The first-order valence-corrected chi connectivity index (χ1v) is 10.6. The molecule has 2 rings (SSSR count). The molecule has 0 unspecified atom stereocenters. The van der Waals surface area contributed by atoms with Gasteiger partial charge in [0.2, 0.25) is 5.12 Å². The molecule has 0 aromatic heterocycles. The van der Waals surface area contributed by atoms with Crippen LogP contribution in [0.2, 0.25) is 0 Å².